The lowest BCUT2D eigenvalue weighted by Gasteiger charge is -2.16. The van der Waals surface area contributed by atoms with Gasteiger partial charge in [-0.25, -0.2) is 12.8 Å². The summed E-state index contributed by atoms with van der Waals surface area (Å²) < 4.78 is 38.7. The van der Waals surface area contributed by atoms with Crippen molar-refractivity contribution in [2.75, 3.05) is 13.6 Å². The first-order valence-electron chi connectivity index (χ1n) is 4.83. The highest BCUT2D eigenvalue weighted by Gasteiger charge is 2.26. The molecule has 0 heterocycles. The average Bonchev–Trinajstić information content (AvgIpc) is 2.31. The number of hydrogen-bond donors (Lipinski definition) is 1. The molecular weight excluding hydrogens is 281 g/mol. The van der Waals surface area contributed by atoms with E-state index in [1.54, 1.807) is 0 Å². The summed E-state index contributed by atoms with van der Waals surface area (Å²) in [7, 11) is -2.84. The number of hydrogen-bond acceptors (Lipinski definition) is 3. The fraction of sp³-hybridized carbons (Fsp3) is 0.273. The van der Waals surface area contributed by atoms with E-state index in [1.165, 1.54) is 7.05 Å². The van der Waals surface area contributed by atoms with E-state index in [2.05, 4.69) is 5.92 Å². The van der Waals surface area contributed by atoms with Crippen LogP contribution in [0.25, 0.3) is 0 Å². The minimum atomic E-state index is -4.07. The Morgan fingerprint density at radius 3 is 2.67 bits per heavy atom. The number of terminal acetylenes is 1. The third kappa shape index (κ3) is 2.82. The minimum absolute atomic E-state index is 0.0214. The van der Waals surface area contributed by atoms with Crippen molar-refractivity contribution >= 4 is 21.6 Å². The monoisotopic (exact) mass is 291 g/mol. The van der Waals surface area contributed by atoms with Crippen molar-refractivity contribution in [1.29, 1.82) is 0 Å². The Balaban J connectivity index is 3.42. The Bertz CT molecular complexity index is 595. The molecule has 0 amide bonds. The van der Waals surface area contributed by atoms with Crippen LogP contribution in [0.2, 0.25) is 5.02 Å². The molecule has 0 aliphatic heterocycles. The first kappa shape index (κ1) is 14.9. The summed E-state index contributed by atoms with van der Waals surface area (Å²) in [6, 6.07) is 2.15. The smallest absolute Gasteiger partial charge is 0.246 e. The van der Waals surface area contributed by atoms with Crippen molar-refractivity contribution in [3.05, 3.63) is 28.5 Å². The van der Waals surface area contributed by atoms with Crippen LogP contribution in [0.4, 0.5) is 4.39 Å². The molecule has 0 aromatic heterocycles. The predicted octanol–water partition coefficient (Wildman–Crippen LogP) is 1.23. The molecule has 0 saturated heterocycles. The van der Waals surface area contributed by atoms with Crippen LogP contribution in [0.5, 0.6) is 0 Å². The Morgan fingerprint density at radius 2 is 2.17 bits per heavy atom. The number of halogens is 2. The zero-order chi connectivity index (χ0) is 13.9. The van der Waals surface area contributed by atoms with Gasteiger partial charge in [0.25, 0.3) is 0 Å². The lowest BCUT2D eigenvalue weighted by atomic mass is 10.2. The van der Waals surface area contributed by atoms with Crippen molar-refractivity contribution in [2.24, 2.45) is 0 Å². The maximum atomic E-state index is 13.9. The van der Waals surface area contributed by atoms with Crippen molar-refractivity contribution in [3.8, 4) is 12.3 Å². The molecule has 1 aromatic rings. The second kappa shape index (κ2) is 5.67. The number of aliphatic hydroxyl groups excluding tert-OH is 1. The van der Waals surface area contributed by atoms with Crippen LogP contribution in [0.3, 0.4) is 0 Å². The zero-order valence-corrected chi connectivity index (χ0v) is 11.1. The molecule has 7 heteroatoms. The molecule has 0 bridgehead atoms. The van der Waals surface area contributed by atoms with Crippen LogP contribution in [-0.2, 0) is 16.6 Å². The maximum absolute atomic E-state index is 13.9. The molecule has 1 rings (SSSR count). The van der Waals surface area contributed by atoms with E-state index in [4.69, 9.17) is 23.1 Å². The van der Waals surface area contributed by atoms with Crippen LogP contribution in [0.1, 0.15) is 5.56 Å². The van der Waals surface area contributed by atoms with E-state index in [1.807, 2.05) is 0 Å². The van der Waals surface area contributed by atoms with Gasteiger partial charge in [0.2, 0.25) is 10.0 Å². The van der Waals surface area contributed by atoms with Crippen LogP contribution in [0.15, 0.2) is 17.0 Å². The van der Waals surface area contributed by atoms with E-state index >= 15 is 0 Å². The van der Waals surface area contributed by atoms with Crippen LogP contribution in [0, 0.1) is 18.2 Å². The highest BCUT2D eigenvalue weighted by atomic mass is 35.5. The van der Waals surface area contributed by atoms with Gasteiger partial charge in [-0.1, -0.05) is 17.5 Å². The molecular formula is C11H11ClFNO3S. The molecule has 0 saturated carbocycles. The van der Waals surface area contributed by atoms with Crippen molar-refractivity contribution in [2.45, 2.75) is 11.5 Å². The number of benzene rings is 1. The van der Waals surface area contributed by atoms with E-state index in [-0.39, 0.29) is 17.1 Å². The molecule has 0 spiro atoms. The molecule has 4 nitrogen and oxygen atoms in total. The molecule has 1 aromatic carbocycles. The molecule has 18 heavy (non-hydrogen) atoms. The SMILES string of the molecule is C#CCN(C)S(=O)(=O)c1cc(Cl)cc(CO)c1F. The topological polar surface area (TPSA) is 57.6 Å². The van der Waals surface area contributed by atoms with Crippen molar-refractivity contribution in [3.63, 3.8) is 0 Å². The number of aliphatic hydroxyl groups is 1. The van der Waals surface area contributed by atoms with Gasteiger partial charge >= 0.3 is 0 Å². The third-order valence-electron chi connectivity index (χ3n) is 2.25. The lowest BCUT2D eigenvalue weighted by Crippen LogP contribution is -2.28. The van der Waals surface area contributed by atoms with Crippen LogP contribution < -0.4 is 0 Å². The highest BCUT2D eigenvalue weighted by molar-refractivity contribution is 7.89. The first-order valence-corrected chi connectivity index (χ1v) is 6.65. The quantitative estimate of drug-likeness (QED) is 0.849. The van der Waals surface area contributed by atoms with Gasteiger partial charge in [0.05, 0.1) is 13.2 Å². The summed E-state index contributed by atoms with van der Waals surface area (Å²) in [5.74, 6) is 1.13. The van der Waals surface area contributed by atoms with Gasteiger partial charge < -0.3 is 5.11 Å². The standard InChI is InChI=1S/C11H11ClFNO3S/c1-3-4-14(2)18(16,17)10-6-9(12)5-8(7-15)11(10)13/h1,5-6,15H,4,7H2,2H3. The molecule has 98 valence electrons. The van der Waals surface area contributed by atoms with E-state index < -0.39 is 27.3 Å². The Labute approximate surface area is 110 Å². The number of sulfonamides is 1. The Morgan fingerprint density at radius 1 is 1.56 bits per heavy atom. The molecule has 0 fully saturated rings. The second-order valence-corrected chi connectivity index (χ2v) is 5.95. The van der Waals surface area contributed by atoms with Gasteiger partial charge in [-0.15, -0.1) is 6.42 Å². The summed E-state index contributed by atoms with van der Waals surface area (Å²) in [5.41, 5.74) is -0.185. The first-order chi connectivity index (χ1) is 8.34. The lowest BCUT2D eigenvalue weighted by molar-refractivity contribution is 0.274. The van der Waals surface area contributed by atoms with Gasteiger partial charge in [0.15, 0.2) is 0 Å². The average molecular weight is 292 g/mol. The summed E-state index contributed by atoms with van der Waals surface area (Å²) >= 11 is 5.69. The number of nitrogens with zero attached hydrogens (tertiary/aromatic N) is 1. The van der Waals surface area contributed by atoms with Gasteiger partial charge in [-0.3, -0.25) is 0 Å². The fourth-order valence-corrected chi connectivity index (χ4v) is 2.82. The Kier molecular flexibility index (Phi) is 4.71. The highest BCUT2D eigenvalue weighted by Crippen LogP contribution is 2.25. The van der Waals surface area contributed by atoms with Crippen molar-refractivity contribution in [1.82, 2.24) is 4.31 Å². The van der Waals surface area contributed by atoms with E-state index in [9.17, 15) is 12.8 Å². The Hall–Kier alpha value is -1.13. The normalized spacial score (nSPS) is 11.6. The molecule has 0 aliphatic carbocycles. The summed E-state index contributed by atoms with van der Waals surface area (Å²) in [5, 5.41) is 8.96. The largest absolute Gasteiger partial charge is 0.392 e. The molecule has 0 unspecified atom stereocenters. The summed E-state index contributed by atoms with van der Waals surface area (Å²) in [6.07, 6.45) is 5.01. The molecule has 1 N–H and O–H groups in total. The van der Waals surface area contributed by atoms with Gasteiger partial charge in [-0.05, 0) is 12.1 Å². The second-order valence-electron chi connectivity index (χ2n) is 3.50. The van der Waals surface area contributed by atoms with Gasteiger partial charge in [0, 0.05) is 17.6 Å². The fourth-order valence-electron chi connectivity index (χ4n) is 1.30. The van der Waals surface area contributed by atoms with Crippen LogP contribution >= 0.6 is 11.6 Å². The van der Waals surface area contributed by atoms with Crippen LogP contribution in [-0.4, -0.2) is 31.4 Å². The predicted molar refractivity (Wildman–Crippen MR) is 66.0 cm³/mol. The molecule has 0 aliphatic rings. The number of rotatable bonds is 4. The van der Waals surface area contributed by atoms with Gasteiger partial charge in [-0.2, -0.15) is 4.31 Å². The van der Waals surface area contributed by atoms with Crippen molar-refractivity contribution < 1.29 is 17.9 Å². The van der Waals surface area contributed by atoms with E-state index in [0.717, 1.165) is 16.4 Å². The zero-order valence-electron chi connectivity index (χ0n) is 9.52. The third-order valence-corrected chi connectivity index (χ3v) is 4.27. The minimum Gasteiger partial charge on any atom is -0.392 e. The summed E-state index contributed by atoms with van der Waals surface area (Å²) in [4.78, 5) is -0.600. The van der Waals surface area contributed by atoms with Gasteiger partial charge in [0.1, 0.15) is 10.7 Å². The summed E-state index contributed by atoms with van der Waals surface area (Å²) in [6.45, 7) is -0.837. The molecule has 0 radical (unpaired) electrons. The van der Waals surface area contributed by atoms with E-state index in [0.29, 0.717) is 0 Å². The maximum Gasteiger partial charge on any atom is 0.246 e. The molecule has 0 atom stereocenters.